The van der Waals surface area contributed by atoms with Gasteiger partial charge in [0.25, 0.3) is 0 Å². The Labute approximate surface area is 95.8 Å². The van der Waals surface area contributed by atoms with Crippen molar-refractivity contribution in [3.8, 4) is 12.1 Å². The second-order valence-corrected chi connectivity index (χ2v) is 4.10. The zero-order valence-corrected chi connectivity index (χ0v) is 9.19. The molecule has 84 valence electrons. The van der Waals surface area contributed by atoms with Crippen LogP contribution in [0.15, 0.2) is 23.5 Å². The fourth-order valence-electron chi connectivity index (χ4n) is 2.14. The highest BCUT2D eigenvalue weighted by atomic mass is 14.6. The Morgan fingerprint density at radius 3 is 1.44 bits per heavy atom. The molecule has 0 aromatic rings. The van der Waals surface area contributed by atoms with Crippen LogP contribution in [-0.2, 0) is 0 Å². The van der Waals surface area contributed by atoms with Crippen molar-refractivity contribution in [2.75, 3.05) is 0 Å². The van der Waals surface area contributed by atoms with Crippen LogP contribution >= 0.6 is 0 Å². The smallest absolute Gasteiger partial charge is 0.0930 e. The van der Waals surface area contributed by atoms with Gasteiger partial charge in [-0.1, -0.05) is 0 Å². The summed E-state index contributed by atoms with van der Waals surface area (Å²) in [6, 6.07) is 3.91. The minimum atomic E-state index is 0.297. The second-order valence-electron chi connectivity index (χ2n) is 4.10. The van der Waals surface area contributed by atoms with Crippen LogP contribution in [0.1, 0.15) is 25.7 Å². The quantitative estimate of drug-likeness (QED) is 0.683. The standard InChI is InChI=1S/C12H16N4/c13-7-5-11(15)9-1-2-10(4-3-9)12(16)6-8-14/h5-6,9-10H,1-4,15-16H2/b11-5+,12-6+. The number of allylic oxidation sites excluding steroid dienone is 4. The molecule has 0 saturated heterocycles. The summed E-state index contributed by atoms with van der Waals surface area (Å²) in [5.41, 5.74) is 12.9. The van der Waals surface area contributed by atoms with Gasteiger partial charge < -0.3 is 11.5 Å². The molecule has 4 N–H and O–H groups in total. The SMILES string of the molecule is N#C/C=C(/N)C1CCC(/C(N)=C\C#N)CC1. The molecule has 0 amide bonds. The Bertz CT molecular complexity index is 335. The molecule has 0 unspecified atom stereocenters. The van der Waals surface area contributed by atoms with Crippen LogP contribution in [0.3, 0.4) is 0 Å². The molecule has 0 aromatic carbocycles. The lowest BCUT2D eigenvalue weighted by molar-refractivity contribution is 0.330. The predicted octanol–water partition coefficient (Wildman–Crippen LogP) is 1.53. The molecule has 0 aliphatic heterocycles. The third-order valence-corrected chi connectivity index (χ3v) is 3.13. The molecule has 0 spiro atoms. The van der Waals surface area contributed by atoms with Gasteiger partial charge in [0.1, 0.15) is 0 Å². The maximum absolute atomic E-state index is 8.51. The van der Waals surface area contributed by atoms with Gasteiger partial charge in [-0.15, -0.1) is 0 Å². The highest BCUT2D eigenvalue weighted by molar-refractivity contribution is 5.16. The third kappa shape index (κ3) is 3.03. The molecular formula is C12H16N4. The number of nitrogens with zero attached hydrogens (tertiary/aromatic N) is 2. The normalized spacial score (nSPS) is 26.9. The van der Waals surface area contributed by atoms with E-state index in [-0.39, 0.29) is 0 Å². The van der Waals surface area contributed by atoms with E-state index in [0.717, 1.165) is 25.7 Å². The first-order valence-corrected chi connectivity index (χ1v) is 5.39. The molecule has 16 heavy (non-hydrogen) atoms. The fraction of sp³-hybridized carbons (Fsp3) is 0.500. The van der Waals surface area contributed by atoms with Crippen molar-refractivity contribution in [1.29, 1.82) is 10.5 Å². The molecule has 0 aromatic heterocycles. The van der Waals surface area contributed by atoms with Crippen LogP contribution in [0.25, 0.3) is 0 Å². The molecule has 0 radical (unpaired) electrons. The Balaban J connectivity index is 2.53. The molecule has 4 nitrogen and oxygen atoms in total. The fourth-order valence-corrected chi connectivity index (χ4v) is 2.14. The van der Waals surface area contributed by atoms with Crippen LogP contribution in [0.2, 0.25) is 0 Å². The summed E-state index contributed by atoms with van der Waals surface area (Å²) in [6.07, 6.45) is 6.59. The average Bonchev–Trinajstić information content (AvgIpc) is 2.30. The second kappa shape index (κ2) is 5.82. The first-order chi connectivity index (χ1) is 7.69. The summed E-state index contributed by atoms with van der Waals surface area (Å²) in [6.45, 7) is 0. The molecule has 1 fully saturated rings. The lowest BCUT2D eigenvalue weighted by atomic mass is 9.79. The number of hydrogen-bond donors (Lipinski definition) is 2. The van der Waals surface area contributed by atoms with Crippen molar-refractivity contribution in [2.45, 2.75) is 25.7 Å². The number of nitrogens with two attached hydrogens (primary N) is 2. The first-order valence-electron chi connectivity index (χ1n) is 5.39. The molecule has 1 aliphatic carbocycles. The van der Waals surface area contributed by atoms with Gasteiger partial charge in [-0.25, -0.2) is 0 Å². The Kier molecular flexibility index (Phi) is 4.42. The van der Waals surface area contributed by atoms with E-state index < -0.39 is 0 Å². The summed E-state index contributed by atoms with van der Waals surface area (Å²) in [5.74, 6) is 0.594. The van der Waals surface area contributed by atoms with Crippen molar-refractivity contribution in [1.82, 2.24) is 0 Å². The third-order valence-electron chi connectivity index (χ3n) is 3.13. The minimum Gasteiger partial charge on any atom is -0.401 e. The van der Waals surface area contributed by atoms with Crippen molar-refractivity contribution in [2.24, 2.45) is 23.3 Å². The van der Waals surface area contributed by atoms with Crippen LogP contribution < -0.4 is 11.5 Å². The molecule has 1 saturated carbocycles. The van der Waals surface area contributed by atoms with Crippen molar-refractivity contribution in [3.63, 3.8) is 0 Å². The molecular weight excluding hydrogens is 200 g/mol. The largest absolute Gasteiger partial charge is 0.401 e. The molecule has 0 heterocycles. The van der Waals surface area contributed by atoms with Gasteiger partial charge in [-0.05, 0) is 37.5 Å². The van der Waals surface area contributed by atoms with Crippen LogP contribution in [0.5, 0.6) is 0 Å². The van der Waals surface area contributed by atoms with E-state index in [9.17, 15) is 0 Å². The van der Waals surface area contributed by atoms with Crippen LogP contribution in [0.4, 0.5) is 0 Å². The lowest BCUT2D eigenvalue weighted by Gasteiger charge is -2.28. The van der Waals surface area contributed by atoms with Gasteiger partial charge in [-0.2, -0.15) is 10.5 Å². The number of nitriles is 2. The zero-order valence-electron chi connectivity index (χ0n) is 9.19. The maximum atomic E-state index is 8.51. The molecule has 1 aliphatic rings. The highest BCUT2D eigenvalue weighted by Gasteiger charge is 2.23. The van der Waals surface area contributed by atoms with Crippen molar-refractivity contribution < 1.29 is 0 Å². The van der Waals surface area contributed by atoms with Gasteiger partial charge in [0.05, 0.1) is 12.1 Å². The van der Waals surface area contributed by atoms with Gasteiger partial charge in [0, 0.05) is 23.5 Å². The Morgan fingerprint density at radius 2 is 1.19 bits per heavy atom. The van der Waals surface area contributed by atoms with E-state index >= 15 is 0 Å². The molecule has 0 atom stereocenters. The summed E-state index contributed by atoms with van der Waals surface area (Å²) >= 11 is 0. The van der Waals surface area contributed by atoms with Gasteiger partial charge in [0.15, 0.2) is 0 Å². The van der Waals surface area contributed by atoms with E-state index in [1.807, 2.05) is 12.1 Å². The van der Waals surface area contributed by atoms with Crippen LogP contribution in [-0.4, -0.2) is 0 Å². The Morgan fingerprint density at radius 1 is 0.875 bits per heavy atom. The number of rotatable bonds is 2. The van der Waals surface area contributed by atoms with E-state index in [1.165, 1.54) is 12.2 Å². The first kappa shape index (κ1) is 12.1. The summed E-state index contributed by atoms with van der Waals surface area (Å²) in [7, 11) is 0. The zero-order chi connectivity index (χ0) is 12.0. The van der Waals surface area contributed by atoms with E-state index in [1.54, 1.807) is 0 Å². The van der Waals surface area contributed by atoms with Crippen molar-refractivity contribution in [3.05, 3.63) is 23.5 Å². The monoisotopic (exact) mass is 216 g/mol. The molecule has 1 rings (SSSR count). The van der Waals surface area contributed by atoms with E-state index in [4.69, 9.17) is 22.0 Å². The van der Waals surface area contributed by atoms with E-state index in [0.29, 0.717) is 23.2 Å². The summed E-state index contributed by atoms with van der Waals surface area (Å²) < 4.78 is 0. The molecule has 0 bridgehead atoms. The maximum Gasteiger partial charge on any atom is 0.0930 e. The van der Waals surface area contributed by atoms with E-state index in [2.05, 4.69) is 0 Å². The average molecular weight is 216 g/mol. The topological polar surface area (TPSA) is 99.6 Å². The highest BCUT2D eigenvalue weighted by Crippen LogP contribution is 2.33. The number of hydrogen-bond acceptors (Lipinski definition) is 4. The summed E-state index contributed by atoms with van der Waals surface area (Å²) in [5, 5.41) is 17.0. The summed E-state index contributed by atoms with van der Waals surface area (Å²) in [4.78, 5) is 0. The van der Waals surface area contributed by atoms with Gasteiger partial charge >= 0.3 is 0 Å². The minimum absolute atomic E-state index is 0.297. The Hall–Kier alpha value is -1.94. The van der Waals surface area contributed by atoms with Crippen LogP contribution in [0, 0.1) is 34.5 Å². The molecule has 4 heteroatoms. The predicted molar refractivity (Wildman–Crippen MR) is 61.2 cm³/mol. The van der Waals surface area contributed by atoms with Gasteiger partial charge in [0.2, 0.25) is 0 Å². The van der Waals surface area contributed by atoms with Crippen molar-refractivity contribution >= 4 is 0 Å². The lowest BCUT2D eigenvalue weighted by Crippen LogP contribution is -2.23. The van der Waals surface area contributed by atoms with Gasteiger partial charge in [-0.3, -0.25) is 0 Å².